The number of amides is 2. The molecular formula is C13H20N2O2. The summed E-state index contributed by atoms with van der Waals surface area (Å²) in [5.41, 5.74) is -0.577. The molecule has 17 heavy (non-hydrogen) atoms. The van der Waals surface area contributed by atoms with Crippen molar-refractivity contribution in [2.24, 2.45) is 11.8 Å². The van der Waals surface area contributed by atoms with Crippen molar-refractivity contribution in [2.45, 2.75) is 51.1 Å². The van der Waals surface area contributed by atoms with E-state index in [0.29, 0.717) is 11.8 Å². The number of rotatable bonds is 3. The van der Waals surface area contributed by atoms with Gasteiger partial charge in [0.25, 0.3) is 0 Å². The third-order valence-corrected chi connectivity index (χ3v) is 4.51. The van der Waals surface area contributed by atoms with E-state index in [0.717, 1.165) is 19.4 Å². The van der Waals surface area contributed by atoms with Crippen molar-refractivity contribution in [2.75, 3.05) is 6.54 Å². The van der Waals surface area contributed by atoms with E-state index in [1.54, 1.807) is 6.92 Å². The summed E-state index contributed by atoms with van der Waals surface area (Å²) in [7, 11) is 0. The van der Waals surface area contributed by atoms with Gasteiger partial charge in [-0.15, -0.1) is 0 Å². The molecule has 2 aliphatic carbocycles. The zero-order valence-electron chi connectivity index (χ0n) is 10.5. The second-order valence-electron chi connectivity index (χ2n) is 6.01. The van der Waals surface area contributed by atoms with Crippen LogP contribution in [0.1, 0.15) is 39.5 Å². The number of carbonyl (C=O) groups excluding carboxylic acids is 2. The normalized spacial score (nSPS) is 38.2. The Bertz CT molecular complexity index is 374. The van der Waals surface area contributed by atoms with Gasteiger partial charge in [-0.3, -0.25) is 9.59 Å². The van der Waals surface area contributed by atoms with Gasteiger partial charge in [0.1, 0.15) is 11.6 Å². The monoisotopic (exact) mass is 236 g/mol. The molecule has 1 saturated heterocycles. The number of hydrogen-bond donors (Lipinski definition) is 1. The summed E-state index contributed by atoms with van der Waals surface area (Å²) in [5.74, 6) is 1.16. The van der Waals surface area contributed by atoms with E-state index in [1.807, 2.05) is 11.8 Å². The standard InChI is InChI=1S/C13H20N2O2/c1-8-11(16)15(7-9-3-4-9)13(2,10-5-6-10)12(17)14-8/h8-10H,3-7H2,1-2H3,(H,14,17). The van der Waals surface area contributed by atoms with E-state index in [2.05, 4.69) is 5.32 Å². The molecule has 2 saturated carbocycles. The summed E-state index contributed by atoms with van der Waals surface area (Å²) in [5, 5.41) is 2.83. The minimum atomic E-state index is -0.577. The Morgan fingerprint density at radius 1 is 1.29 bits per heavy atom. The zero-order chi connectivity index (χ0) is 12.2. The predicted octanol–water partition coefficient (Wildman–Crippen LogP) is 0.912. The van der Waals surface area contributed by atoms with Gasteiger partial charge in [-0.1, -0.05) is 0 Å². The quantitative estimate of drug-likeness (QED) is 0.792. The molecule has 3 rings (SSSR count). The van der Waals surface area contributed by atoms with E-state index in [-0.39, 0.29) is 17.9 Å². The Kier molecular flexibility index (Phi) is 2.25. The van der Waals surface area contributed by atoms with Crippen LogP contribution in [0, 0.1) is 11.8 Å². The van der Waals surface area contributed by atoms with Crippen molar-refractivity contribution in [1.29, 1.82) is 0 Å². The Balaban J connectivity index is 1.89. The van der Waals surface area contributed by atoms with Crippen molar-refractivity contribution < 1.29 is 9.59 Å². The molecule has 4 heteroatoms. The highest BCUT2D eigenvalue weighted by Crippen LogP contribution is 2.46. The molecule has 2 unspecified atom stereocenters. The fraction of sp³-hybridized carbons (Fsp3) is 0.846. The van der Waals surface area contributed by atoms with Crippen LogP contribution < -0.4 is 5.32 Å². The molecule has 1 heterocycles. The summed E-state index contributed by atoms with van der Waals surface area (Å²) >= 11 is 0. The van der Waals surface area contributed by atoms with Gasteiger partial charge in [-0.25, -0.2) is 0 Å². The maximum atomic E-state index is 12.3. The third-order valence-electron chi connectivity index (χ3n) is 4.51. The molecule has 94 valence electrons. The largest absolute Gasteiger partial charge is 0.343 e. The van der Waals surface area contributed by atoms with E-state index >= 15 is 0 Å². The first kappa shape index (κ1) is 11.1. The van der Waals surface area contributed by atoms with Crippen molar-refractivity contribution in [3.8, 4) is 0 Å². The number of hydrogen-bond acceptors (Lipinski definition) is 2. The van der Waals surface area contributed by atoms with Crippen LogP contribution in [0.2, 0.25) is 0 Å². The first-order chi connectivity index (χ1) is 8.03. The highest BCUT2D eigenvalue weighted by Gasteiger charge is 2.56. The highest BCUT2D eigenvalue weighted by atomic mass is 16.2. The second kappa shape index (κ2) is 3.47. The lowest BCUT2D eigenvalue weighted by Gasteiger charge is -2.46. The van der Waals surface area contributed by atoms with Crippen molar-refractivity contribution in [1.82, 2.24) is 10.2 Å². The molecule has 0 aromatic heterocycles. The number of carbonyl (C=O) groups is 2. The molecule has 0 bridgehead atoms. The SMILES string of the molecule is CC1NC(=O)C(C)(C2CC2)N(CC2CC2)C1=O. The van der Waals surface area contributed by atoms with Crippen LogP contribution in [0.5, 0.6) is 0 Å². The van der Waals surface area contributed by atoms with Crippen LogP contribution >= 0.6 is 0 Å². The fourth-order valence-corrected chi connectivity index (χ4v) is 2.88. The maximum Gasteiger partial charge on any atom is 0.246 e. The van der Waals surface area contributed by atoms with E-state index in [9.17, 15) is 9.59 Å². The summed E-state index contributed by atoms with van der Waals surface area (Å²) in [6.07, 6.45) is 4.57. The van der Waals surface area contributed by atoms with E-state index in [1.165, 1.54) is 12.8 Å². The van der Waals surface area contributed by atoms with Crippen molar-refractivity contribution in [3.05, 3.63) is 0 Å². The van der Waals surface area contributed by atoms with Crippen LogP contribution in [0.4, 0.5) is 0 Å². The van der Waals surface area contributed by atoms with Gasteiger partial charge in [0.05, 0.1) is 0 Å². The smallest absolute Gasteiger partial charge is 0.246 e. The zero-order valence-corrected chi connectivity index (χ0v) is 10.5. The summed E-state index contributed by atoms with van der Waals surface area (Å²) < 4.78 is 0. The lowest BCUT2D eigenvalue weighted by molar-refractivity contribution is -0.157. The Morgan fingerprint density at radius 3 is 2.47 bits per heavy atom. The second-order valence-corrected chi connectivity index (χ2v) is 6.01. The molecule has 1 aliphatic heterocycles. The molecule has 0 aromatic rings. The lowest BCUT2D eigenvalue weighted by atomic mass is 9.88. The first-order valence-corrected chi connectivity index (χ1v) is 6.66. The summed E-state index contributed by atoms with van der Waals surface area (Å²) in [4.78, 5) is 26.4. The fourth-order valence-electron chi connectivity index (χ4n) is 2.88. The average Bonchev–Trinajstić information content (AvgIpc) is 3.14. The molecule has 3 fully saturated rings. The van der Waals surface area contributed by atoms with Gasteiger partial charge in [0.15, 0.2) is 0 Å². The van der Waals surface area contributed by atoms with E-state index in [4.69, 9.17) is 0 Å². The number of nitrogens with one attached hydrogen (secondary N) is 1. The lowest BCUT2D eigenvalue weighted by Crippen LogP contribution is -2.70. The molecule has 0 aromatic carbocycles. The van der Waals surface area contributed by atoms with E-state index < -0.39 is 5.54 Å². The Morgan fingerprint density at radius 2 is 1.94 bits per heavy atom. The van der Waals surface area contributed by atoms with Gasteiger partial charge < -0.3 is 10.2 Å². The molecule has 3 aliphatic rings. The van der Waals surface area contributed by atoms with Gasteiger partial charge in [0.2, 0.25) is 11.8 Å². The van der Waals surface area contributed by atoms with Gasteiger partial charge in [0, 0.05) is 6.54 Å². The highest BCUT2D eigenvalue weighted by molar-refractivity contribution is 5.99. The van der Waals surface area contributed by atoms with Crippen LogP contribution in [0.3, 0.4) is 0 Å². The molecule has 0 spiro atoms. The Labute approximate surface area is 102 Å². The summed E-state index contributed by atoms with van der Waals surface area (Å²) in [6.45, 7) is 4.52. The molecule has 2 atom stereocenters. The molecule has 0 radical (unpaired) electrons. The minimum Gasteiger partial charge on any atom is -0.343 e. The van der Waals surface area contributed by atoms with Crippen LogP contribution in [0.15, 0.2) is 0 Å². The maximum absolute atomic E-state index is 12.3. The Hall–Kier alpha value is -1.06. The number of piperazine rings is 1. The first-order valence-electron chi connectivity index (χ1n) is 6.66. The van der Waals surface area contributed by atoms with Crippen LogP contribution in [-0.4, -0.2) is 34.8 Å². The molecule has 2 amide bonds. The van der Waals surface area contributed by atoms with Gasteiger partial charge in [-0.05, 0) is 51.4 Å². The van der Waals surface area contributed by atoms with Gasteiger partial charge in [-0.2, -0.15) is 0 Å². The topological polar surface area (TPSA) is 49.4 Å². The summed E-state index contributed by atoms with van der Waals surface area (Å²) in [6, 6.07) is -0.354. The number of nitrogens with zero attached hydrogens (tertiary/aromatic N) is 1. The van der Waals surface area contributed by atoms with Gasteiger partial charge >= 0.3 is 0 Å². The van der Waals surface area contributed by atoms with Crippen LogP contribution in [-0.2, 0) is 9.59 Å². The van der Waals surface area contributed by atoms with Crippen LogP contribution in [0.25, 0.3) is 0 Å². The average molecular weight is 236 g/mol. The van der Waals surface area contributed by atoms with Crippen molar-refractivity contribution in [3.63, 3.8) is 0 Å². The third kappa shape index (κ3) is 1.65. The molecular weight excluding hydrogens is 216 g/mol. The van der Waals surface area contributed by atoms with Crippen molar-refractivity contribution >= 4 is 11.8 Å². The molecule has 4 nitrogen and oxygen atoms in total. The molecule has 1 N–H and O–H groups in total. The minimum absolute atomic E-state index is 0.0488. The predicted molar refractivity (Wildman–Crippen MR) is 63.2 cm³/mol.